The predicted octanol–water partition coefficient (Wildman–Crippen LogP) is 2.43. The number of hydrogen-bond donors (Lipinski definition) is 2. The molecule has 0 radical (unpaired) electrons. The molecule has 1 aromatic heterocycles. The number of rotatable bonds is 3. The van der Waals surface area contributed by atoms with Crippen molar-refractivity contribution in [1.82, 2.24) is 15.3 Å². The average molecular weight is 215 g/mol. The van der Waals surface area contributed by atoms with E-state index in [0.717, 1.165) is 29.4 Å². The van der Waals surface area contributed by atoms with Crippen LogP contribution in [0.2, 0.25) is 0 Å². The van der Waals surface area contributed by atoms with Crippen molar-refractivity contribution in [3.8, 4) is 0 Å². The zero-order valence-corrected chi connectivity index (χ0v) is 9.80. The van der Waals surface area contributed by atoms with Crippen molar-refractivity contribution >= 4 is 11.0 Å². The first-order valence-electron chi connectivity index (χ1n) is 5.91. The minimum absolute atomic E-state index is 0.733. The van der Waals surface area contributed by atoms with Gasteiger partial charge in [-0.3, -0.25) is 0 Å². The number of aryl methyl sites for hydroxylation is 2. The molecular formula is C13H17N3. The summed E-state index contributed by atoms with van der Waals surface area (Å²) in [5, 5.41) is 3.47. The Balaban J connectivity index is 1.89. The van der Waals surface area contributed by atoms with E-state index in [1.165, 1.54) is 24.0 Å². The minimum atomic E-state index is 0.733. The molecule has 1 heterocycles. The second kappa shape index (κ2) is 3.59. The summed E-state index contributed by atoms with van der Waals surface area (Å²) in [6.45, 7) is 5.13. The van der Waals surface area contributed by atoms with Crippen molar-refractivity contribution in [3.63, 3.8) is 0 Å². The van der Waals surface area contributed by atoms with Gasteiger partial charge in [0.1, 0.15) is 5.82 Å². The number of hydrogen-bond acceptors (Lipinski definition) is 2. The zero-order chi connectivity index (χ0) is 11.1. The van der Waals surface area contributed by atoms with E-state index in [4.69, 9.17) is 0 Å². The van der Waals surface area contributed by atoms with Crippen LogP contribution in [0, 0.1) is 13.8 Å². The number of fused-ring (bicyclic) bond motifs is 1. The zero-order valence-electron chi connectivity index (χ0n) is 9.80. The van der Waals surface area contributed by atoms with Crippen LogP contribution in [0.15, 0.2) is 12.1 Å². The summed E-state index contributed by atoms with van der Waals surface area (Å²) < 4.78 is 0. The van der Waals surface area contributed by atoms with Crippen molar-refractivity contribution in [3.05, 3.63) is 29.1 Å². The molecule has 3 nitrogen and oxygen atoms in total. The molecule has 1 aliphatic rings. The topological polar surface area (TPSA) is 40.7 Å². The van der Waals surface area contributed by atoms with E-state index in [2.05, 4.69) is 41.3 Å². The Morgan fingerprint density at radius 3 is 2.81 bits per heavy atom. The molecule has 1 aliphatic carbocycles. The number of aromatic nitrogens is 2. The third-order valence-electron chi connectivity index (χ3n) is 3.28. The molecule has 1 saturated carbocycles. The van der Waals surface area contributed by atoms with Crippen LogP contribution in [0.25, 0.3) is 11.0 Å². The quantitative estimate of drug-likeness (QED) is 0.825. The van der Waals surface area contributed by atoms with Gasteiger partial charge in [0.25, 0.3) is 0 Å². The molecule has 2 aromatic rings. The molecule has 1 aromatic carbocycles. The van der Waals surface area contributed by atoms with E-state index in [1.807, 2.05) is 0 Å². The fraction of sp³-hybridized carbons (Fsp3) is 0.462. The van der Waals surface area contributed by atoms with Crippen LogP contribution in [0.4, 0.5) is 0 Å². The summed E-state index contributed by atoms with van der Waals surface area (Å²) in [7, 11) is 0. The highest BCUT2D eigenvalue weighted by atomic mass is 15.0. The molecule has 0 amide bonds. The second-order valence-corrected chi connectivity index (χ2v) is 4.79. The SMILES string of the molecule is Cc1cc2nc(CNC3CC3)[nH]c2cc1C. The third kappa shape index (κ3) is 1.83. The Morgan fingerprint density at radius 2 is 2.06 bits per heavy atom. The Labute approximate surface area is 95.3 Å². The van der Waals surface area contributed by atoms with Gasteiger partial charge in [0.2, 0.25) is 0 Å². The normalized spacial score (nSPS) is 15.9. The van der Waals surface area contributed by atoms with Crippen LogP contribution in [0.3, 0.4) is 0 Å². The summed E-state index contributed by atoms with van der Waals surface area (Å²) in [5.74, 6) is 1.05. The third-order valence-corrected chi connectivity index (χ3v) is 3.28. The van der Waals surface area contributed by atoms with Crippen molar-refractivity contribution in [2.75, 3.05) is 0 Å². The minimum Gasteiger partial charge on any atom is -0.341 e. The lowest BCUT2D eigenvalue weighted by atomic mass is 10.1. The van der Waals surface area contributed by atoms with Crippen LogP contribution in [-0.2, 0) is 6.54 Å². The van der Waals surface area contributed by atoms with Gasteiger partial charge in [-0.25, -0.2) is 4.98 Å². The molecule has 3 heteroatoms. The summed E-state index contributed by atoms with van der Waals surface area (Å²) >= 11 is 0. The molecule has 84 valence electrons. The van der Waals surface area contributed by atoms with E-state index >= 15 is 0 Å². The average Bonchev–Trinajstić information content (AvgIpc) is 2.99. The van der Waals surface area contributed by atoms with Gasteiger partial charge in [0.05, 0.1) is 17.6 Å². The summed E-state index contributed by atoms with van der Waals surface area (Å²) in [6.07, 6.45) is 2.64. The molecule has 0 saturated heterocycles. The molecule has 0 aliphatic heterocycles. The van der Waals surface area contributed by atoms with E-state index in [1.54, 1.807) is 0 Å². The highest BCUT2D eigenvalue weighted by Crippen LogP contribution is 2.20. The molecule has 0 spiro atoms. The van der Waals surface area contributed by atoms with Crippen molar-refractivity contribution in [2.45, 2.75) is 39.3 Å². The lowest BCUT2D eigenvalue weighted by Gasteiger charge is -1.97. The monoisotopic (exact) mass is 215 g/mol. The van der Waals surface area contributed by atoms with E-state index < -0.39 is 0 Å². The Morgan fingerprint density at radius 1 is 1.31 bits per heavy atom. The number of nitrogens with zero attached hydrogens (tertiary/aromatic N) is 1. The first-order valence-corrected chi connectivity index (χ1v) is 5.91. The maximum absolute atomic E-state index is 4.60. The number of benzene rings is 1. The molecule has 1 fully saturated rings. The van der Waals surface area contributed by atoms with Gasteiger partial charge in [-0.05, 0) is 49.9 Å². The van der Waals surface area contributed by atoms with Crippen LogP contribution < -0.4 is 5.32 Å². The lowest BCUT2D eigenvalue weighted by Crippen LogP contribution is -2.16. The van der Waals surface area contributed by atoms with Gasteiger partial charge < -0.3 is 10.3 Å². The Hall–Kier alpha value is -1.35. The highest BCUT2D eigenvalue weighted by molar-refractivity contribution is 5.77. The van der Waals surface area contributed by atoms with E-state index in [9.17, 15) is 0 Å². The molecule has 2 N–H and O–H groups in total. The van der Waals surface area contributed by atoms with Gasteiger partial charge in [0.15, 0.2) is 0 Å². The maximum atomic E-state index is 4.60. The van der Waals surface area contributed by atoms with Crippen molar-refractivity contribution in [2.24, 2.45) is 0 Å². The lowest BCUT2D eigenvalue weighted by molar-refractivity contribution is 0.665. The van der Waals surface area contributed by atoms with Gasteiger partial charge in [-0.15, -0.1) is 0 Å². The molecule has 0 atom stereocenters. The number of aromatic amines is 1. The second-order valence-electron chi connectivity index (χ2n) is 4.79. The maximum Gasteiger partial charge on any atom is 0.121 e. The summed E-state index contributed by atoms with van der Waals surface area (Å²) in [6, 6.07) is 5.07. The standard InChI is InChI=1S/C13H17N3/c1-8-5-11-12(6-9(8)2)16-13(15-11)7-14-10-3-4-10/h5-6,10,14H,3-4,7H2,1-2H3,(H,15,16). The largest absolute Gasteiger partial charge is 0.341 e. The molecule has 16 heavy (non-hydrogen) atoms. The molecular weight excluding hydrogens is 198 g/mol. The van der Waals surface area contributed by atoms with Crippen LogP contribution in [0.1, 0.15) is 29.8 Å². The number of H-pyrrole nitrogens is 1. The summed E-state index contributed by atoms with van der Waals surface area (Å²) in [4.78, 5) is 7.97. The van der Waals surface area contributed by atoms with Crippen molar-refractivity contribution in [1.29, 1.82) is 0 Å². The molecule has 0 unspecified atom stereocenters. The first kappa shape index (κ1) is 9.85. The number of nitrogens with one attached hydrogen (secondary N) is 2. The first-order chi connectivity index (χ1) is 7.72. The highest BCUT2D eigenvalue weighted by Gasteiger charge is 2.20. The van der Waals surface area contributed by atoms with Crippen LogP contribution in [0.5, 0.6) is 0 Å². The van der Waals surface area contributed by atoms with Gasteiger partial charge in [-0.1, -0.05) is 0 Å². The van der Waals surface area contributed by atoms with Gasteiger partial charge >= 0.3 is 0 Å². The van der Waals surface area contributed by atoms with E-state index in [-0.39, 0.29) is 0 Å². The fourth-order valence-electron chi connectivity index (χ4n) is 1.93. The molecule has 3 rings (SSSR count). The smallest absolute Gasteiger partial charge is 0.121 e. The predicted molar refractivity (Wildman–Crippen MR) is 65.4 cm³/mol. The van der Waals surface area contributed by atoms with Crippen LogP contribution in [-0.4, -0.2) is 16.0 Å². The molecule has 0 bridgehead atoms. The Kier molecular flexibility index (Phi) is 2.21. The van der Waals surface area contributed by atoms with Crippen molar-refractivity contribution < 1.29 is 0 Å². The number of imidazole rings is 1. The summed E-state index contributed by atoms with van der Waals surface area (Å²) in [5.41, 5.74) is 4.85. The van der Waals surface area contributed by atoms with E-state index in [0.29, 0.717) is 0 Å². The van der Waals surface area contributed by atoms with Crippen LogP contribution >= 0.6 is 0 Å². The van der Waals surface area contributed by atoms with Gasteiger partial charge in [-0.2, -0.15) is 0 Å². The Bertz CT molecular complexity index is 484. The fourth-order valence-corrected chi connectivity index (χ4v) is 1.93. The van der Waals surface area contributed by atoms with Gasteiger partial charge in [0, 0.05) is 6.04 Å².